The zero-order valence-electron chi connectivity index (χ0n) is 4.52. The Balaban J connectivity index is 3.49. The van der Waals surface area contributed by atoms with Crippen LogP contribution in [0.4, 0.5) is 0 Å². The summed E-state index contributed by atoms with van der Waals surface area (Å²) in [6.07, 6.45) is 3.41. The highest BCUT2D eigenvalue weighted by Gasteiger charge is 1.72. The van der Waals surface area contributed by atoms with Crippen molar-refractivity contribution in [2.75, 3.05) is 6.61 Å². The fraction of sp³-hybridized carbons (Fsp3) is 0.333. The molecule has 0 aliphatic carbocycles. The molecule has 0 bridgehead atoms. The van der Waals surface area contributed by atoms with Crippen molar-refractivity contribution in [3.63, 3.8) is 0 Å². The molecule has 0 aromatic heterocycles. The van der Waals surface area contributed by atoms with Crippen molar-refractivity contribution < 1.29 is 5.11 Å². The van der Waals surface area contributed by atoms with Gasteiger partial charge in [-0.3, -0.25) is 0 Å². The Morgan fingerprint density at radius 3 is 2.57 bits per heavy atom. The molecule has 0 aromatic carbocycles. The van der Waals surface area contributed by atoms with E-state index in [1.807, 2.05) is 6.92 Å². The van der Waals surface area contributed by atoms with Gasteiger partial charge in [-0.1, -0.05) is 24.3 Å². The smallest absolute Gasteiger partial charge is 0.0617 e. The number of allylic oxidation sites excluding steroid dienone is 2. The minimum absolute atomic E-state index is 0.109. The first kappa shape index (κ1) is 6.44. The van der Waals surface area contributed by atoms with Crippen LogP contribution in [0.5, 0.6) is 0 Å². The zero-order chi connectivity index (χ0) is 5.70. The van der Waals surface area contributed by atoms with Gasteiger partial charge in [-0.15, -0.1) is 0 Å². The molecule has 0 spiro atoms. The molecule has 0 amide bonds. The highest BCUT2D eigenvalue weighted by Crippen LogP contribution is 1.88. The summed E-state index contributed by atoms with van der Waals surface area (Å²) in [6.45, 7) is 5.50. The highest BCUT2D eigenvalue weighted by atomic mass is 16.2. The number of hydrogen-bond acceptors (Lipinski definition) is 1. The Labute approximate surface area is 44.0 Å². The molecule has 0 atom stereocenters. The average Bonchev–Trinajstić information content (AvgIpc) is 1.68. The summed E-state index contributed by atoms with van der Waals surface area (Å²) < 4.78 is 0. The van der Waals surface area contributed by atoms with E-state index in [-0.39, 0.29) is 6.61 Å². The predicted octanol–water partition coefficient (Wildman–Crippen LogP) is 1.11. The van der Waals surface area contributed by atoms with Crippen LogP contribution in [-0.4, -0.2) is 11.7 Å². The van der Waals surface area contributed by atoms with Crippen molar-refractivity contribution in [1.29, 1.82) is 0 Å². The standard InChI is InChI=1S/C6H10O/c1-3-6(2)4-5-7/h3-4,7H,1,5H2,2H3/b6-4+. The van der Waals surface area contributed by atoms with Crippen LogP contribution in [0.2, 0.25) is 0 Å². The van der Waals surface area contributed by atoms with E-state index < -0.39 is 0 Å². The normalized spacial score (nSPS) is 11.4. The van der Waals surface area contributed by atoms with Crippen LogP contribution in [0.25, 0.3) is 0 Å². The zero-order valence-corrected chi connectivity index (χ0v) is 4.52. The van der Waals surface area contributed by atoms with E-state index in [1.165, 1.54) is 0 Å². The van der Waals surface area contributed by atoms with Gasteiger partial charge in [-0.25, -0.2) is 0 Å². The molecule has 7 heavy (non-hydrogen) atoms. The van der Waals surface area contributed by atoms with Gasteiger partial charge < -0.3 is 5.11 Å². The molecule has 1 heteroatoms. The summed E-state index contributed by atoms with van der Waals surface area (Å²) in [4.78, 5) is 0. The molecule has 0 saturated carbocycles. The lowest BCUT2D eigenvalue weighted by molar-refractivity contribution is 0.342. The van der Waals surface area contributed by atoms with Gasteiger partial charge in [0.25, 0.3) is 0 Å². The quantitative estimate of drug-likeness (QED) is 0.513. The van der Waals surface area contributed by atoms with Crippen molar-refractivity contribution in [3.8, 4) is 0 Å². The molecular weight excluding hydrogens is 88.1 g/mol. The molecule has 0 rings (SSSR count). The molecule has 0 saturated heterocycles. The molecule has 1 nitrogen and oxygen atoms in total. The molecule has 0 aliphatic heterocycles. The second-order valence-electron chi connectivity index (χ2n) is 1.33. The maximum absolute atomic E-state index is 8.24. The topological polar surface area (TPSA) is 20.2 Å². The van der Waals surface area contributed by atoms with Crippen LogP contribution in [0.15, 0.2) is 24.3 Å². The third kappa shape index (κ3) is 3.27. The SMILES string of the molecule is C=C/C(C)=C/CO. The lowest BCUT2D eigenvalue weighted by Gasteiger charge is -1.83. The number of aliphatic hydroxyl groups excluding tert-OH is 1. The van der Waals surface area contributed by atoms with Crippen LogP contribution in [0, 0.1) is 0 Å². The molecule has 0 radical (unpaired) electrons. The average molecular weight is 98.1 g/mol. The van der Waals surface area contributed by atoms with Crippen molar-refractivity contribution in [2.45, 2.75) is 6.92 Å². The lowest BCUT2D eigenvalue weighted by atomic mass is 10.3. The van der Waals surface area contributed by atoms with Gasteiger partial charge in [0.1, 0.15) is 0 Å². The van der Waals surface area contributed by atoms with Crippen molar-refractivity contribution in [2.24, 2.45) is 0 Å². The van der Waals surface area contributed by atoms with Crippen LogP contribution in [-0.2, 0) is 0 Å². The molecular formula is C6H10O. The predicted molar refractivity (Wildman–Crippen MR) is 31.0 cm³/mol. The van der Waals surface area contributed by atoms with E-state index in [9.17, 15) is 0 Å². The van der Waals surface area contributed by atoms with Gasteiger partial charge in [-0.2, -0.15) is 0 Å². The van der Waals surface area contributed by atoms with E-state index in [0.29, 0.717) is 0 Å². The molecule has 0 fully saturated rings. The summed E-state index contributed by atoms with van der Waals surface area (Å²) in [6, 6.07) is 0. The molecule has 40 valence electrons. The largest absolute Gasteiger partial charge is 0.392 e. The molecule has 0 heterocycles. The summed E-state index contributed by atoms with van der Waals surface area (Å²) in [7, 11) is 0. The first-order chi connectivity index (χ1) is 3.31. The van der Waals surface area contributed by atoms with Gasteiger partial charge >= 0.3 is 0 Å². The number of hydrogen-bond donors (Lipinski definition) is 1. The minimum Gasteiger partial charge on any atom is -0.392 e. The van der Waals surface area contributed by atoms with Crippen molar-refractivity contribution >= 4 is 0 Å². The molecule has 0 aromatic rings. The van der Waals surface area contributed by atoms with Crippen LogP contribution in [0.3, 0.4) is 0 Å². The Hall–Kier alpha value is -0.560. The monoisotopic (exact) mass is 98.1 g/mol. The second-order valence-corrected chi connectivity index (χ2v) is 1.33. The molecule has 0 unspecified atom stereocenters. The Morgan fingerprint density at radius 1 is 1.86 bits per heavy atom. The van der Waals surface area contributed by atoms with Crippen molar-refractivity contribution in [3.05, 3.63) is 24.3 Å². The van der Waals surface area contributed by atoms with E-state index in [0.717, 1.165) is 5.57 Å². The third-order valence-corrected chi connectivity index (χ3v) is 0.735. The summed E-state index contributed by atoms with van der Waals surface area (Å²) in [5.74, 6) is 0. The van der Waals surface area contributed by atoms with Gasteiger partial charge in [0.15, 0.2) is 0 Å². The van der Waals surface area contributed by atoms with E-state index in [4.69, 9.17) is 5.11 Å². The van der Waals surface area contributed by atoms with Gasteiger partial charge in [0.05, 0.1) is 6.61 Å². The first-order valence-electron chi connectivity index (χ1n) is 2.21. The van der Waals surface area contributed by atoms with Gasteiger partial charge in [-0.05, 0) is 6.92 Å². The Kier molecular flexibility index (Phi) is 3.33. The minimum atomic E-state index is 0.109. The van der Waals surface area contributed by atoms with Crippen molar-refractivity contribution in [1.82, 2.24) is 0 Å². The molecule has 1 N–H and O–H groups in total. The second kappa shape index (κ2) is 3.62. The molecule has 0 aliphatic rings. The maximum Gasteiger partial charge on any atom is 0.0617 e. The summed E-state index contributed by atoms with van der Waals surface area (Å²) >= 11 is 0. The number of rotatable bonds is 2. The van der Waals surface area contributed by atoms with Gasteiger partial charge in [0.2, 0.25) is 0 Å². The van der Waals surface area contributed by atoms with Crippen LogP contribution >= 0.6 is 0 Å². The van der Waals surface area contributed by atoms with Gasteiger partial charge in [0, 0.05) is 0 Å². The summed E-state index contributed by atoms with van der Waals surface area (Å²) in [5.41, 5.74) is 1.02. The fourth-order valence-corrected chi connectivity index (χ4v) is 0.227. The third-order valence-electron chi connectivity index (χ3n) is 0.735. The highest BCUT2D eigenvalue weighted by molar-refractivity contribution is 5.12. The lowest BCUT2D eigenvalue weighted by Crippen LogP contribution is -1.73. The summed E-state index contributed by atoms with van der Waals surface area (Å²) in [5, 5.41) is 8.24. The maximum atomic E-state index is 8.24. The van der Waals surface area contributed by atoms with Crippen LogP contribution < -0.4 is 0 Å². The van der Waals surface area contributed by atoms with E-state index in [1.54, 1.807) is 12.2 Å². The van der Waals surface area contributed by atoms with E-state index in [2.05, 4.69) is 6.58 Å². The fourth-order valence-electron chi connectivity index (χ4n) is 0.227. The first-order valence-corrected chi connectivity index (χ1v) is 2.21. The Bertz CT molecular complexity index is 82.2. The number of aliphatic hydroxyl groups is 1. The Morgan fingerprint density at radius 2 is 2.43 bits per heavy atom. The van der Waals surface area contributed by atoms with Crippen LogP contribution in [0.1, 0.15) is 6.92 Å². The van der Waals surface area contributed by atoms with E-state index >= 15 is 0 Å².